The molecule has 0 bridgehead atoms. The number of carbonyl (C=O) groups excluding carboxylic acids is 2. The maximum Gasteiger partial charge on any atom is 1.00 e. The number of hydrogen-bond donors (Lipinski definition) is 0. The van der Waals surface area contributed by atoms with E-state index in [2.05, 4.69) is 20.4 Å². The summed E-state index contributed by atoms with van der Waals surface area (Å²) < 4.78 is 10.4. The topological polar surface area (TPSA) is 255 Å². The van der Waals surface area contributed by atoms with Crippen LogP contribution in [0.1, 0.15) is 119 Å². The second-order valence-corrected chi connectivity index (χ2v) is 9.62. The Bertz CT molecular complexity index is 834. The Kier molecular flexibility index (Phi) is 36.1. The van der Waals surface area contributed by atoms with Gasteiger partial charge >= 0.3 is 75.2 Å². The summed E-state index contributed by atoms with van der Waals surface area (Å²) in [5.41, 5.74) is -2.34. The van der Waals surface area contributed by atoms with Crippen molar-refractivity contribution >= 4 is 11.9 Å². The Labute approximate surface area is 301 Å². The van der Waals surface area contributed by atoms with Crippen LogP contribution in [0.2, 0.25) is 0 Å². The minimum Gasteiger partial charge on any atom is -0.870 e. The number of esters is 2. The maximum absolute atomic E-state index is 11.7. The number of ether oxygens (including phenoxy) is 2. The third-order valence-corrected chi connectivity index (χ3v) is 6.12. The Hall–Kier alpha value is -2.12. The number of carbonyl (C=O) groups is 2. The molecule has 0 saturated carbocycles. The van der Waals surface area contributed by atoms with Crippen LogP contribution in [0.15, 0.2) is 12.7 Å². The summed E-state index contributed by atoms with van der Waals surface area (Å²) in [4.78, 5) is 59.2. The van der Waals surface area contributed by atoms with E-state index in [-0.39, 0.29) is 81.5 Å². The van der Waals surface area contributed by atoms with Crippen LogP contribution in [0, 0.1) is 40.5 Å². The first-order valence-electron chi connectivity index (χ1n) is 14.2. The number of hydrogen-bond acceptors (Lipinski definition) is 13. The van der Waals surface area contributed by atoms with Gasteiger partial charge in [0.1, 0.15) is 12.2 Å². The average molecular weight is 665 g/mol. The summed E-state index contributed by atoms with van der Waals surface area (Å²) in [7, 11) is 0. The molecule has 252 valence electrons. The van der Waals surface area contributed by atoms with Crippen molar-refractivity contribution < 1.29 is 95.6 Å². The van der Waals surface area contributed by atoms with E-state index in [4.69, 9.17) is 9.47 Å². The molecule has 0 aliphatic heterocycles. The maximum atomic E-state index is 11.7. The summed E-state index contributed by atoms with van der Waals surface area (Å²) in [5.74, 6) is -0.920. The van der Waals surface area contributed by atoms with Gasteiger partial charge in [0, 0.05) is 6.08 Å². The Morgan fingerprint density at radius 3 is 1.45 bits per heavy atom. The molecule has 0 aromatic carbocycles. The van der Waals surface area contributed by atoms with Crippen LogP contribution < -0.4 is 51.4 Å². The number of rotatable bonds is 20. The van der Waals surface area contributed by atoms with E-state index in [1.54, 1.807) is 0 Å². The average Bonchev–Trinajstić information content (AvgIpc) is 2.94. The van der Waals surface area contributed by atoms with Gasteiger partial charge in [-0.3, -0.25) is 45.3 Å². The van der Waals surface area contributed by atoms with Crippen LogP contribution in [-0.2, 0) is 19.1 Å². The van der Waals surface area contributed by atoms with Crippen molar-refractivity contribution in [3.05, 3.63) is 53.1 Å². The first kappa shape index (κ1) is 51.5. The van der Waals surface area contributed by atoms with E-state index >= 15 is 0 Å². The van der Waals surface area contributed by atoms with Crippen LogP contribution >= 0.6 is 0 Å². The van der Waals surface area contributed by atoms with Gasteiger partial charge in [0.2, 0.25) is 0 Å². The number of nitrogens with zero attached hydrogens (tertiary/aromatic N) is 4. The van der Waals surface area contributed by atoms with Crippen LogP contribution in [0.3, 0.4) is 0 Å². The molecule has 18 heteroatoms. The van der Waals surface area contributed by atoms with Gasteiger partial charge in [0.15, 0.2) is 0 Å². The molecule has 1 N–H and O–H groups in total. The van der Waals surface area contributed by atoms with Gasteiger partial charge in [-0.05, 0) is 38.5 Å². The standard InChI is InChI=1S/C13H24N2O6.C11H20O2.C2H4N2O4.K.H2O/c1-4-6-7-8-11(5-2)21-12(16)9-10-13(3,14(17)18)15(19)20;1-4-7-8-9-10(5-2)13-11(12)6-3;1-2(3(5)6)4(7)8;;/h11H,4-10H2,1-3H3;6,10H,3-5,7-9H2,1-2H3;2H,1H3;;1H2/q;;;+1;/p-1. The molecule has 0 radical (unpaired) electrons. The molecule has 2 unspecified atom stereocenters. The predicted molar refractivity (Wildman–Crippen MR) is 156 cm³/mol. The zero-order valence-corrected chi connectivity index (χ0v) is 30.3. The largest absolute Gasteiger partial charge is 1.00 e. The Morgan fingerprint density at radius 1 is 0.795 bits per heavy atom. The molecule has 2 atom stereocenters. The molecule has 0 rings (SSSR count). The van der Waals surface area contributed by atoms with Crippen molar-refractivity contribution in [1.82, 2.24) is 0 Å². The molecule has 0 heterocycles. The summed E-state index contributed by atoms with van der Waals surface area (Å²) in [6.45, 7) is 13.3. The van der Waals surface area contributed by atoms with Crippen molar-refractivity contribution in [2.24, 2.45) is 0 Å². The van der Waals surface area contributed by atoms with E-state index in [1.165, 1.54) is 18.9 Å². The molecule has 0 aromatic rings. The minimum atomic E-state index is -2.34. The molecule has 0 amide bonds. The van der Waals surface area contributed by atoms with E-state index in [9.17, 15) is 50.0 Å². The first-order valence-corrected chi connectivity index (χ1v) is 14.2. The van der Waals surface area contributed by atoms with Gasteiger partial charge in [0.25, 0.3) is 0 Å². The van der Waals surface area contributed by atoms with Gasteiger partial charge in [-0.1, -0.05) is 60.0 Å². The zero-order chi connectivity index (χ0) is 33.3. The van der Waals surface area contributed by atoms with Gasteiger partial charge in [-0.15, -0.1) is 0 Å². The van der Waals surface area contributed by atoms with Crippen LogP contribution in [0.5, 0.6) is 0 Å². The molecule has 0 aliphatic carbocycles. The summed E-state index contributed by atoms with van der Waals surface area (Å²) >= 11 is 0. The van der Waals surface area contributed by atoms with Crippen LogP contribution in [0.4, 0.5) is 0 Å². The third kappa shape index (κ3) is 26.3. The van der Waals surface area contributed by atoms with Gasteiger partial charge < -0.3 is 14.9 Å². The first-order chi connectivity index (χ1) is 19.6. The van der Waals surface area contributed by atoms with E-state index < -0.39 is 43.9 Å². The Balaban J connectivity index is -0.000000189. The fourth-order valence-corrected chi connectivity index (χ4v) is 3.06. The van der Waals surface area contributed by atoms with E-state index in [0.29, 0.717) is 6.42 Å². The molecular weight excluding hydrogens is 615 g/mol. The van der Waals surface area contributed by atoms with Crippen molar-refractivity contribution in [1.29, 1.82) is 0 Å². The summed E-state index contributed by atoms with van der Waals surface area (Å²) in [6, 6.07) is 0. The van der Waals surface area contributed by atoms with Gasteiger partial charge in [0.05, 0.1) is 46.4 Å². The molecule has 17 nitrogen and oxygen atoms in total. The van der Waals surface area contributed by atoms with Gasteiger partial charge in [-0.2, -0.15) is 0 Å². The smallest absolute Gasteiger partial charge is 0.870 e. The van der Waals surface area contributed by atoms with Crippen molar-refractivity contribution in [3.8, 4) is 0 Å². The monoisotopic (exact) mass is 664 g/mol. The zero-order valence-electron chi connectivity index (χ0n) is 27.1. The van der Waals surface area contributed by atoms with Gasteiger partial charge in [-0.25, -0.2) is 4.79 Å². The fraction of sp³-hybridized carbons (Fsp3) is 0.846. The number of nitro groups is 4. The minimum absolute atomic E-state index is 0. The second-order valence-electron chi connectivity index (χ2n) is 9.62. The quantitative estimate of drug-likeness (QED) is 0.0345. The second kappa shape index (κ2) is 30.9. The van der Waals surface area contributed by atoms with Crippen LogP contribution in [0.25, 0.3) is 0 Å². The molecule has 44 heavy (non-hydrogen) atoms. The molecule has 0 aliphatic rings. The van der Waals surface area contributed by atoms with E-state index in [0.717, 1.165) is 58.8 Å². The molecule has 0 saturated heterocycles. The molecular formula is C26H49KN4O13. The molecule has 0 fully saturated rings. The summed E-state index contributed by atoms with van der Waals surface area (Å²) in [6.07, 6.45) is 8.49. The van der Waals surface area contributed by atoms with Crippen LogP contribution in [-0.4, -0.2) is 61.1 Å². The summed E-state index contributed by atoms with van der Waals surface area (Å²) in [5, 5.41) is 40.5. The molecule has 0 aromatic heterocycles. The SMILES string of the molecule is C=CC(=O)OC(CC)CCCCC.CC([N+](=O)[O-])[N+](=O)[O-].CCCCCC(CC)OC(=O)CCC(C)([N+](=O)[O-])[N+](=O)[O-].[K+].[OH-]. The van der Waals surface area contributed by atoms with Crippen molar-refractivity contribution in [2.75, 3.05) is 0 Å². The predicted octanol–water partition coefficient (Wildman–Crippen LogP) is 2.73. The van der Waals surface area contributed by atoms with Crippen molar-refractivity contribution in [3.63, 3.8) is 0 Å². The fourth-order valence-electron chi connectivity index (χ4n) is 3.06. The van der Waals surface area contributed by atoms with E-state index in [1.807, 2.05) is 13.8 Å². The van der Waals surface area contributed by atoms with Crippen molar-refractivity contribution in [2.45, 2.75) is 143 Å². The third-order valence-electron chi connectivity index (χ3n) is 6.12. The number of unbranched alkanes of at least 4 members (excludes halogenated alkanes) is 4. The Morgan fingerprint density at radius 2 is 1.18 bits per heavy atom. The normalized spacial score (nSPS) is 11.3. The molecule has 0 spiro atoms.